The van der Waals surface area contributed by atoms with Crippen LogP contribution < -0.4 is 4.74 Å². The molecule has 0 spiro atoms. The minimum Gasteiger partial charge on any atom is -0.497 e. The molecule has 1 heterocycles. The molecule has 0 radical (unpaired) electrons. The second kappa shape index (κ2) is 5.08. The summed E-state index contributed by atoms with van der Waals surface area (Å²) < 4.78 is 5.15. The smallest absolute Gasteiger partial charge is 0.250 e. The molecule has 100 valence electrons. The van der Waals surface area contributed by atoms with Gasteiger partial charge in [0.2, 0.25) is 5.91 Å². The first kappa shape index (κ1) is 12.3. The Morgan fingerprint density at radius 1 is 1.16 bits per heavy atom. The van der Waals surface area contributed by atoms with E-state index in [-0.39, 0.29) is 5.91 Å². The van der Waals surface area contributed by atoms with Crippen LogP contribution in [-0.4, -0.2) is 24.5 Å². The van der Waals surface area contributed by atoms with Gasteiger partial charge in [-0.15, -0.1) is 0 Å². The molecule has 0 saturated carbocycles. The number of carbonyl (C=O) groups is 1. The van der Waals surface area contributed by atoms with Crippen LogP contribution in [0, 0.1) is 0 Å². The molecule has 0 saturated heterocycles. The molecule has 3 nitrogen and oxygen atoms in total. The number of benzene rings is 1. The molecular formula is C16H19NO2. The quantitative estimate of drug-likeness (QED) is 0.833. The van der Waals surface area contributed by atoms with Crippen LogP contribution in [0.2, 0.25) is 0 Å². The second-order valence-electron chi connectivity index (χ2n) is 5.30. The lowest BCUT2D eigenvalue weighted by molar-refractivity contribution is -0.126. The molecule has 1 amide bonds. The van der Waals surface area contributed by atoms with Crippen molar-refractivity contribution < 1.29 is 9.53 Å². The second-order valence-corrected chi connectivity index (χ2v) is 5.30. The predicted molar refractivity (Wildman–Crippen MR) is 73.9 cm³/mol. The van der Waals surface area contributed by atoms with Gasteiger partial charge in [0.1, 0.15) is 5.75 Å². The first-order valence-electron chi connectivity index (χ1n) is 6.91. The van der Waals surface area contributed by atoms with Gasteiger partial charge in [-0.1, -0.05) is 12.1 Å². The molecule has 2 aliphatic rings. The summed E-state index contributed by atoms with van der Waals surface area (Å²) in [6.07, 6.45) is 4.50. The summed E-state index contributed by atoms with van der Waals surface area (Å²) in [5.74, 6) is 1.11. The molecule has 0 aromatic heterocycles. The van der Waals surface area contributed by atoms with Crippen LogP contribution in [0.25, 0.3) is 0 Å². The fraction of sp³-hybridized carbons (Fsp3) is 0.438. The van der Waals surface area contributed by atoms with Crippen molar-refractivity contribution >= 4 is 5.91 Å². The van der Waals surface area contributed by atoms with Crippen LogP contribution in [-0.2, 0) is 11.3 Å². The summed E-state index contributed by atoms with van der Waals surface area (Å²) in [5, 5.41) is 0. The maximum atomic E-state index is 12.3. The average molecular weight is 257 g/mol. The third kappa shape index (κ3) is 2.37. The van der Waals surface area contributed by atoms with Crippen LogP contribution in [0.5, 0.6) is 5.75 Å². The molecule has 3 heteroatoms. The van der Waals surface area contributed by atoms with E-state index >= 15 is 0 Å². The van der Waals surface area contributed by atoms with E-state index in [0.717, 1.165) is 36.3 Å². The van der Waals surface area contributed by atoms with Gasteiger partial charge in [-0.3, -0.25) is 4.79 Å². The van der Waals surface area contributed by atoms with Gasteiger partial charge in [-0.05, 0) is 49.0 Å². The predicted octanol–water partition coefficient (Wildman–Crippen LogP) is 2.91. The van der Waals surface area contributed by atoms with Gasteiger partial charge < -0.3 is 9.64 Å². The standard InChI is InChI=1S/C16H19NO2/c1-19-14-8-6-12(7-9-14)10-17-11-13-4-2-3-5-15(13)16(17)18/h6-9H,2-5,10-11H2,1H3. The Kier molecular flexibility index (Phi) is 3.28. The van der Waals surface area contributed by atoms with Gasteiger partial charge >= 0.3 is 0 Å². The highest BCUT2D eigenvalue weighted by Crippen LogP contribution is 2.32. The van der Waals surface area contributed by atoms with E-state index in [1.54, 1.807) is 7.11 Å². The largest absolute Gasteiger partial charge is 0.497 e. The van der Waals surface area contributed by atoms with Crippen LogP contribution in [0.4, 0.5) is 0 Å². The van der Waals surface area contributed by atoms with Crippen LogP contribution >= 0.6 is 0 Å². The number of amides is 1. The summed E-state index contributed by atoms with van der Waals surface area (Å²) in [7, 11) is 1.66. The lowest BCUT2D eigenvalue weighted by Gasteiger charge is -2.17. The number of nitrogens with zero attached hydrogens (tertiary/aromatic N) is 1. The molecule has 0 atom stereocenters. The van der Waals surface area contributed by atoms with E-state index in [2.05, 4.69) is 0 Å². The van der Waals surface area contributed by atoms with Crippen LogP contribution in [0.3, 0.4) is 0 Å². The molecule has 0 bridgehead atoms. The molecule has 19 heavy (non-hydrogen) atoms. The first-order chi connectivity index (χ1) is 9.28. The Balaban J connectivity index is 1.69. The topological polar surface area (TPSA) is 29.5 Å². The third-order valence-electron chi connectivity index (χ3n) is 4.04. The average Bonchev–Trinajstić information content (AvgIpc) is 2.77. The molecule has 1 aliphatic carbocycles. The number of hydrogen-bond donors (Lipinski definition) is 0. The number of hydrogen-bond acceptors (Lipinski definition) is 2. The monoisotopic (exact) mass is 257 g/mol. The van der Waals surface area contributed by atoms with Crippen LogP contribution in [0.1, 0.15) is 31.2 Å². The maximum Gasteiger partial charge on any atom is 0.250 e. The van der Waals surface area contributed by atoms with E-state index in [1.807, 2.05) is 29.2 Å². The van der Waals surface area contributed by atoms with Gasteiger partial charge in [0.15, 0.2) is 0 Å². The minimum atomic E-state index is 0.255. The van der Waals surface area contributed by atoms with E-state index < -0.39 is 0 Å². The zero-order chi connectivity index (χ0) is 13.2. The fourth-order valence-corrected chi connectivity index (χ4v) is 2.97. The molecule has 1 aliphatic heterocycles. The summed E-state index contributed by atoms with van der Waals surface area (Å²) in [4.78, 5) is 14.3. The SMILES string of the molecule is COc1ccc(CN2CC3=C(CCCC3)C2=O)cc1. The Bertz CT molecular complexity index is 516. The van der Waals surface area contributed by atoms with E-state index in [1.165, 1.54) is 18.4 Å². The summed E-state index contributed by atoms with van der Waals surface area (Å²) in [6.45, 7) is 1.54. The van der Waals surface area contributed by atoms with Crippen molar-refractivity contribution in [2.24, 2.45) is 0 Å². The fourth-order valence-electron chi connectivity index (χ4n) is 2.97. The Morgan fingerprint density at radius 3 is 2.58 bits per heavy atom. The van der Waals surface area contributed by atoms with Gasteiger partial charge in [-0.25, -0.2) is 0 Å². The highest BCUT2D eigenvalue weighted by atomic mass is 16.5. The number of rotatable bonds is 3. The van der Waals surface area contributed by atoms with E-state index in [0.29, 0.717) is 6.54 Å². The number of methoxy groups -OCH3 is 1. The molecule has 3 rings (SSSR count). The highest BCUT2D eigenvalue weighted by molar-refractivity contribution is 5.97. The zero-order valence-corrected chi connectivity index (χ0v) is 11.3. The summed E-state index contributed by atoms with van der Waals surface area (Å²) in [5.41, 5.74) is 3.64. The Morgan fingerprint density at radius 2 is 1.89 bits per heavy atom. The summed E-state index contributed by atoms with van der Waals surface area (Å²) >= 11 is 0. The first-order valence-corrected chi connectivity index (χ1v) is 6.91. The molecule has 0 N–H and O–H groups in total. The van der Waals surface area contributed by atoms with Gasteiger partial charge in [0.25, 0.3) is 0 Å². The van der Waals surface area contributed by atoms with Crippen molar-refractivity contribution in [3.63, 3.8) is 0 Å². The number of carbonyl (C=O) groups excluding carboxylic acids is 1. The van der Waals surface area contributed by atoms with Crippen molar-refractivity contribution in [2.45, 2.75) is 32.2 Å². The Hall–Kier alpha value is -1.77. The van der Waals surface area contributed by atoms with Gasteiger partial charge in [0, 0.05) is 18.7 Å². The van der Waals surface area contributed by atoms with Crippen molar-refractivity contribution in [1.82, 2.24) is 4.90 Å². The molecule has 1 aromatic carbocycles. The minimum absolute atomic E-state index is 0.255. The number of ether oxygens (including phenoxy) is 1. The van der Waals surface area contributed by atoms with Crippen LogP contribution in [0.15, 0.2) is 35.4 Å². The van der Waals surface area contributed by atoms with Crippen molar-refractivity contribution in [1.29, 1.82) is 0 Å². The lowest BCUT2D eigenvalue weighted by Crippen LogP contribution is -2.26. The molecular weight excluding hydrogens is 238 g/mol. The van der Waals surface area contributed by atoms with Crippen molar-refractivity contribution in [2.75, 3.05) is 13.7 Å². The van der Waals surface area contributed by atoms with Crippen molar-refractivity contribution in [3.8, 4) is 5.75 Å². The third-order valence-corrected chi connectivity index (χ3v) is 4.04. The Labute approximate surface area is 113 Å². The normalized spacial score (nSPS) is 18.8. The molecule has 0 unspecified atom stereocenters. The highest BCUT2D eigenvalue weighted by Gasteiger charge is 2.31. The van der Waals surface area contributed by atoms with Gasteiger partial charge in [0.05, 0.1) is 7.11 Å². The molecule has 1 aromatic rings. The lowest BCUT2D eigenvalue weighted by atomic mass is 9.94. The van der Waals surface area contributed by atoms with Gasteiger partial charge in [-0.2, -0.15) is 0 Å². The maximum absolute atomic E-state index is 12.3. The van der Waals surface area contributed by atoms with Crippen molar-refractivity contribution in [3.05, 3.63) is 41.0 Å². The zero-order valence-electron chi connectivity index (χ0n) is 11.3. The van der Waals surface area contributed by atoms with E-state index in [9.17, 15) is 4.79 Å². The van der Waals surface area contributed by atoms with E-state index in [4.69, 9.17) is 4.74 Å². The summed E-state index contributed by atoms with van der Waals surface area (Å²) in [6, 6.07) is 7.96. The molecule has 0 fully saturated rings.